The summed E-state index contributed by atoms with van der Waals surface area (Å²) in [5, 5.41) is 3.24. The third-order valence-corrected chi connectivity index (χ3v) is 7.07. The zero-order valence-electron chi connectivity index (χ0n) is 18.8. The Morgan fingerprint density at radius 3 is 2.82 bits per heavy atom. The highest BCUT2D eigenvalue weighted by Crippen LogP contribution is 2.41. The summed E-state index contributed by atoms with van der Waals surface area (Å²) in [5.41, 5.74) is 10.5. The van der Waals surface area contributed by atoms with E-state index in [4.69, 9.17) is 15.5 Å². The topological polar surface area (TPSA) is 110 Å². The van der Waals surface area contributed by atoms with Gasteiger partial charge in [-0.1, -0.05) is 24.3 Å². The van der Waals surface area contributed by atoms with Crippen LogP contribution in [0.1, 0.15) is 28.1 Å². The van der Waals surface area contributed by atoms with Gasteiger partial charge < -0.3 is 20.7 Å². The molecule has 0 aliphatic carbocycles. The Morgan fingerprint density at radius 2 is 2.03 bits per heavy atom. The van der Waals surface area contributed by atoms with Crippen LogP contribution in [0.15, 0.2) is 48.7 Å². The summed E-state index contributed by atoms with van der Waals surface area (Å²) in [4.78, 5) is 35.8. The highest BCUT2D eigenvalue weighted by Gasteiger charge is 2.23. The molecule has 0 bridgehead atoms. The minimum Gasteiger partial charge on any atom is -0.496 e. The molecule has 4 aromatic rings. The fourth-order valence-electron chi connectivity index (χ4n) is 4.25. The molecule has 0 spiro atoms. The zero-order valence-corrected chi connectivity index (χ0v) is 19.6. The van der Waals surface area contributed by atoms with Crippen LogP contribution in [0, 0.1) is 0 Å². The van der Waals surface area contributed by atoms with Crippen molar-refractivity contribution in [3.05, 3.63) is 59.1 Å². The SMILES string of the molecule is COc1ccccc1-c1c(C(N)=O)sc2cnc(Nc3ccc4c(c3)N(C)C(=O)CCC4)nc12. The van der Waals surface area contributed by atoms with Gasteiger partial charge in [-0.25, -0.2) is 9.97 Å². The number of fused-ring (bicyclic) bond motifs is 2. The van der Waals surface area contributed by atoms with Crippen LogP contribution in [0.5, 0.6) is 5.75 Å². The number of aromatic nitrogens is 2. The van der Waals surface area contributed by atoms with Crippen LogP contribution in [0.4, 0.5) is 17.3 Å². The number of thiophene rings is 1. The molecule has 2 aromatic heterocycles. The maximum Gasteiger partial charge on any atom is 0.259 e. The third-order valence-electron chi connectivity index (χ3n) is 5.94. The molecule has 0 fully saturated rings. The van der Waals surface area contributed by atoms with Crippen molar-refractivity contribution in [1.82, 2.24) is 9.97 Å². The van der Waals surface area contributed by atoms with Crippen molar-refractivity contribution in [1.29, 1.82) is 0 Å². The largest absolute Gasteiger partial charge is 0.496 e. The normalized spacial score (nSPS) is 13.5. The molecule has 2 aromatic carbocycles. The summed E-state index contributed by atoms with van der Waals surface area (Å²) in [6.07, 6.45) is 3.93. The van der Waals surface area contributed by atoms with Gasteiger partial charge in [0.25, 0.3) is 5.91 Å². The molecule has 1 aliphatic rings. The summed E-state index contributed by atoms with van der Waals surface area (Å²) in [7, 11) is 3.38. The van der Waals surface area contributed by atoms with Crippen molar-refractivity contribution < 1.29 is 14.3 Å². The Kier molecular flexibility index (Phi) is 5.62. The summed E-state index contributed by atoms with van der Waals surface area (Å²) >= 11 is 1.26. The molecule has 0 radical (unpaired) electrons. The van der Waals surface area contributed by atoms with E-state index in [0.717, 1.165) is 40.0 Å². The van der Waals surface area contributed by atoms with Crippen LogP contribution in [-0.2, 0) is 11.2 Å². The Hall–Kier alpha value is -3.98. The highest BCUT2D eigenvalue weighted by atomic mass is 32.1. The number of rotatable bonds is 5. The fourth-order valence-corrected chi connectivity index (χ4v) is 5.23. The molecule has 0 atom stereocenters. The van der Waals surface area contributed by atoms with Crippen LogP contribution in [0.25, 0.3) is 21.3 Å². The lowest BCUT2D eigenvalue weighted by Crippen LogP contribution is -2.25. The first-order valence-corrected chi connectivity index (χ1v) is 11.7. The molecule has 0 saturated heterocycles. The van der Waals surface area contributed by atoms with Crippen LogP contribution < -0.4 is 20.7 Å². The summed E-state index contributed by atoms with van der Waals surface area (Å²) in [6.45, 7) is 0. The molecule has 3 N–H and O–H groups in total. The lowest BCUT2D eigenvalue weighted by atomic mass is 10.0. The summed E-state index contributed by atoms with van der Waals surface area (Å²) < 4.78 is 6.26. The minimum absolute atomic E-state index is 0.104. The fraction of sp³-hybridized carbons (Fsp3) is 0.200. The van der Waals surface area contributed by atoms with E-state index in [-0.39, 0.29) is 5.91 Å². The van der Waals surface area contributed by atoms with E-state index in [2.05, 4.69) is 10.3 Å². The summed E-state index contributed by atoms with van der Waals surface area (Å²) in [5.74, 6) is 0.570. The Balaban J connectivity index is 1.58. The van der Waals surface area contributed by atoms with Gasteiger partial charge in [0, 0.05) is 36.0 Å². The number of aryl methyl sites for hydroxylation is 1. The van der Waals surface area contributed by atoms with Crippen molar-refractivity contribution in [3.8, 4) is 16.9 Å². The molecular weight excluding hydrogens is 450 g/mol. The lowest BCUT2D eigenvalue weighted by molar-refractivity contribution is -0.118. The standard InChI is InChI=1S/C25H23N5O3S/c1-30-17-12-15(11-10-14(17)6-5-9-20(30)31)28-25-27-13-19-22(29-25)21(23(34-19)24(26)32)16-7-3-4-8-18(16)33-2/h3-4,7-8,10-13H,5-6,9H2,1-2H3,(H2,26,32)(H,27,28,29). The molecule has 0 saturated carbocycles. The van der Waals surface area contributed by atoms with Crippen LogP contribution in [0.3, 0.4) is 0 Å². The second-order valence-corrected chi connectivity index (χ2v) is 9.10. The monoisotopic (exact) mass is 473 g/mol. The van der Waals surface area contributed by atoms with Gasteiger partial charge in [0.15, 0.2) is 0 Å². The second-order valence-electron chi connectivity index (χ2n) is 8.05. The maximum atomic E-state index is 12.3. The molecule has 2 amide bonds. The van der Waals surface area contributed by atoms with E-state index < -0.39 is 5.91 Å². The smallest absolute Gasteiger partial charge is 0.259 e. The number of hydrogen-bond donors (Lipinski definition) is 2. The van der Waals surface area contributed by atoms with Crippen molar-refractivity contribution in [3.63, 3.8) is 0 Å². The quantitative estimate of drug-likeness (QED) is 0.441. The number of benzene rings is 2. The van der Waals surface area contributed by atoms with E-state index in [0.29, 0.717) is 34.1 Å². The Morgan fingerprint density at radius 1 is 1.21 bits per heavy atom. The number of nitrogens with zero attached hydrogens (tertiary/aromatic N) is 3. The maximum absolute atomic E-state index is 12.3. The van der Waals surface area contributed by atoms with E-state index in [1.165, 1.54) is 11.3 Å². The molecule has 1 aliphatic heterocycles. The molecule has 5 rings (SSSR count). The van der Waals surface area contributed by atoms with Gasteiger partial charge in [0.1, 0.15) is 10.6 Å². The first-order chi connectivity index (χ1) is 16.5. The number of para-hydroxylation sites is 1. The average molecular weight is 474 g/mol. The highest BCUT2D eigenvalue weighted by molar-refractivity contribution is 7.21. The van der Waals surface area contributed by atoms with Crippen LogP contribution in [0.2, 0.25) is 0 Å². The number of methoxy groups -OCH3 is 1. The second kappa shape index (κ2) is 8.75. The molecule has 0 unspecified atom stereocenters. The van der Waals surface area contributed by atoms with E-state index in [9.17, 15) is 9.59 Å². The Bertz CT molecular complexity index is 1430. The number of amides is 2. The number of primary amides is 1. The number of hydrogen-bond acceptors (Lipinski definition) is 7. The third kappa shape index (κ3) is 3.84. The lowest BCUT2D eigenvalue weighted by Gasteiger charge is -2.18. The zero-order chi connectivity index (χ0) is 23.8. The molecule has 34 heavy (non-hydrogen) atoms. The first-order valence-electron chi connectivity index (χ1n) is 10.9. The van der Waals surface area contributed by atoms with Crippen LogP contribution >= 0.6 is 11.3 Å². The predicted octanol–water partition coefficient (Wildman–Crippen LogP) is 4.51. The van der Waals surface area contributed by atoms with Gasteiger partial charge in [0.2, 0.25) is 11.9 Å². The first kappa shape index (κ1) is 21.8. The van der Waals surface area contributed by atoms with Gasteiger partial charge in [-0.05, 0) is 36.6 Å². The van der Waals surface area contributed by atoms with Gasteiger partial charge in [-0.15, -0.1) is 11.3 Å². The minimum atomic E-state index is -0.531. The Labute approximate surface area is 200 Å². The van der Waals surface area contributed by atoms with Crippen molar-refractivity contribution >= 4 is 50.7 Å². The molecule has 8 nitrogen and oxygen atoms in total. The van der Waals surface area contributed by atoms with E-state index in [1.807, 2.05) is 42.5 Å². The van der Waals surface area contributed by atoms with E-state index >= 15 is 0 Å². The van der Waals surface area contributed by atoms with Crippen molar-refractivity contribution in [2.45, 2.75) is 19.3 Å². The molecule has 3 heterocycles. The molecule has 172 valence electrons. The predicted molar refractivity (Wildman–Crippen MR) is 134 cm³/mol. The number of ether oxygens (including phenoxy) is 1. The number of anilines is 3. The average Bonchev–Trinajstić information content (AvgIpc) is 3.16. The van der Waals surface area contributed by atoms with Gasteiger partial charge in [-0.3, -0.25) is 9.59 Å². The summed E-state index contributed by atoms with van der Waals surface area (Å²) in [6, 6.07) is 13.4. The molecular formula is C25H23N5O3S. The van der Waals surface area contributed by atoms with Crippen LogP contribution in [-0.4, -0.2) is 35.9 Å². The number of carbonyl (C=O) groups is 2. The van der Waals surface area contributed by atoms with Gasteiger partial charge in [0.05, 0.1) is 23.5 Å². The molecule has 9 heteroatoms. The van der Waals surface area contributed by atoms with E-state index in [1.54, 1.807) is 25.3 Å². The van der Waals surface area contributed by atoms with Crippen molar-refractivity contribution in [2.75, 3.05) is 24.4 Å². The number of nitrogens with one attached hydrogen (secondary N) is 1. The van der Waals surface area contributed by atoms with Crippen molar-refractivity contribution in [2.24, 2.45) is 5.73 Å². The number of nitrogens with two attached hydrogens (primary N) is 1. The van der Waals surface area contributed by atoms with Gasteiger partial charge >= 0.3 is 0 Å². The van der Waals surface area contributed by atoms with Gasteiger partial charge in [-0.2, -0.15) is 0 Å². The number of carbonyl (C=O) groups excluding carboxylic acids is 2.